The minimum absolute atomic E-state index is 0.0633. The van der Waals surface area contributed by atoms with Crippen molar-refractivity contribution in [3.8, 4) is 0 Å². The maximum Gasteiger partial charge on any atom is 0.245 e. The molecule has 20 heavy (non-hydrogen) atoms. The highest BCUT2D eigenvalue weighted by Gasteiger charge is 2.19. The zero-order valence-electron chi connectivity index (χ0n) is 12.4. The van der Waals surface area contributed by atoms with E-state index in [0.717, 1.165) is 17.8 Å². The number of rotatable bonds is 5. The van der Waals surface area contributed by atoms with Gasteiger partial charge < -0.3 is 5.32 Å². The first-order chi connectivity index (χ1) is 9.51. The predicted molar refractivity (Wildman–Crippen MR) is 76.1 cm³/mol. The smallest absolute Gasteiger partial charge is 0.245 e. The number of carbonyl (C=O) groups is 1. The van der Waals surface area contributed by atoms with Gasteiger partial charge in [-0.1, -0.05) is 0 Å². The molecule has 2 unspecified atom stereocenters. The van der Waals surface area contributed by atoms with Crippen molar-refractivity contribution in [3.63, 3.8) is 0 Å². The van der Waals surface area contributed by atoms with Crippen LogP contribution < -0.4 is 5.32 Å². The molecule has 0 aromatic carbocycles. The Hall–Kier alpha value is -2.11. The van der Waals surface area contributed by atoms with Crippen LogP contribution in [0.15, 0.2) is 24.7 Å². The topological polar surface area (TPSA) is 64.7 Å². The summed E-state index contributed by atoms with van der Waals surface area (Å²) in [6, 6.07) is 1.48. The number of carbonyl (C=O) groups excluding carboxylic acids is 1. The van der Waals surface area contributed by atoms with Crippen molar-refractivity contribution < 1.29 is 4.79 Å². The van der Waals surface area contributed by atoms with Crippen molar-refractivity contribution in [3.05, 3.63) is 35.9 Å². The van der Waals surface area contributed by atoms with Crippen LogP contribution in [0.3, 0.4) is 0 Å². The van der Waals surface area contributed by atoms with E-state index in [0.29, 0.717) is 0 Å². The van der Waals surface area contributed by atoms with Gasteiger partial charge in [-0.05, 0) is 39.3 Å². The summed E-state index contributed by atoms with van der Waals surface area (Å²) < 4.78 is 3.51. The van der Waals surface area contributed by atoms with Crippen LogP contribution >= 0.6 is 0 Å². The molecule has 1 N–H and O–H groups in total. The second-order valence-electron chi connectivity index (χ2n) is 5.00. The third kappa shape index (κ3) is 3.07. The van der Waals surface area contributed by atoms with E-state index in [-0.39, 0.29) is 18.0 Å². The molecule has 0 saturated carbocycles. The second-order valence-corrected chi connectivity index (χ2v) is 5.00. The third-order valence-electron chi connectivity index (χ3n) is 3.29. The van der Waals surface area contributed by atoms with Gasteiger partial charge in [-0.3, -0.25) is 14.2 Å². The molecule has 6 nitrogen and oxygen atoms in total. The number of hydrogen-bond donors (Lipinski definition) is 1. The average molecular weight is 275 g/mol. The molecule has 2 aromatic heterocycles. The molecule has 0 saturated heterocycles. The fourth-order valence-corrected chi connectivity index (χ4v) is 1.96. The summed E-state index contributed by atoms with van der Waals surface area (Å²) in [4.78, 5) is 12.2. The van der Waals surface area contributed by atoms with Crippen LogP contribution in [-0.2, 0) is 11.3 Å². The number of nitrogens with one attached hydrogen (secondary N) is 1. The molecule has 0 radical (unpaired) electrons. The van der Waals surface area contributed by atoms with Crippen LogP contribution in [0.1, 0.15) is 44.1 Å². The Morgan fingerprint density at radius 3 is 2.75 bits per heavy atom. The lowest BCUT2D eigenvalue weighted by Gasteiger charge is -2.16. The highest BCUT2D eigenvalue weighted by molar-refractivity contribution is 5.80. The second kappa shape index (κ2) is 5.90. The molecule has 0 bridgehead atoms. The van der Waals surface area contributed by atoms with Gasteiger partial charge in [0.1, 0.15) is 6.04 Å². The van der Waals surface area contributed by atoms with E-state index in [1.807, 2.05) is 50.8 Å². The van der Waals surface area contributed by atoms with Crippen molar-refractivity contribution in [2.45, 2.75) is 46.3 Å². The lowest BCUT2D eigenvalue weighted by Crippen LogP contribution is -2.33. The van der Waals surface area contributed by atoms with Crippen LogP contribution in [-0.4, -0.2) is 25.5 Å². The first kappa shape index (κ1) is 14.3. The van der Waals surface area contributed by atoms with E-state index >= 15 is 0 Å². The molecule has 2 heterocycles. The first-order valence-corrected chi connectivity index (χ1v) is 6.85. The van der Waals surface area contributed by atoms with E-state index < -0.39 is 0 Å². The summed E-state index contributed by atoms with van der Waals surface area (Å²) in [5.41, 5.74) is 1.91. The standard InChI is InChI=1S/C14H21N5O/c1-5-18-7-6-13(17-18)11(3)16-14(20)12(4)19-9-10(2)8-15-19/h6-9,11-12H,5H2,1-4H3,(H,16,20). The number of aromatic nitrogens is 4. The van der Waals surface area contributed by atoms with E-state index in [9.17, 15) is 4.79 Å². The van der Waals surface area contributed by atoms with E-state index in [4.69, 9.17) is 0 Å². The van der Waals surface area contributed by atoms with Crippen LogP contribution in [0, 0.1) is 6.92 Å². The van der Waals surface area contributed by atoms with Crippen LogP contribution in [0.5, 0.6) is 0 Å². The first-order valence-electron chi connectivity index (χ1n) is 6.85. The van der Waals surface area contributed by atoms with Gasteiger partial charge in [-0.25, -0.2) is 0 Å². The molecule has 0 aliphatic carbocycles. The van der Waals surface area contributed by atoms with Gasteiger partial charge in [0.05, 0.1) is 17.9 Å². The molecule has 2 rings (SSSR count). The van der Waals surface area contributed by atoms with Crippen LogP contribution in [0.4, 0.5) is 0 Å². The SMILES string of the molecule is CCn1ccc(C(C)NC(=O)C(C)n2cc(C)cn2)n1. The van der Waals surface area contributed by atoms with Crippen molar-refractivity contribution in [2.24, 2.45) is 0 Å². The number of nitrogens with zero attached hydrogens (tertiary/aromatic N) is 4. The van der Waals surface area contributed by atoms with Gasteiger partial charge in [0.2, 0.25) is 5.91 Å². The van der Waals surface area contributed by atoms with Crippen LogP contribution in [0.25, 0.3) is 0 Å². The molecule has 6 heteroatoms. The fourth-order valence-electron chi connectivity index (χ4n) is 1.96. The summed E-state index contributed by atoms with van der Waals surface area (Å²) >= 11 is 0. The summed E-state index contributed by atoms with van der Waals surface area (Å²) in [6.07, 6.45) is 5.52. The normalized spacial score (nSPS) is 14.0. The van der Waals surface area contributed by atoms with E-state index in [2.05, 4.69) is 15.5 Å². The third-order valence-corrected chi connectivity index (χ3v) is 3.29. The van der Waals surface area contributed by atoms with Crippen LogP contribution in [0.2, 0.25) is 0 Å². The van der Waals surface area contributed by atoms with E-state index in [1.54, 1.807) is 10.9 Å². The van der Waals surface area contributed by atoms with Gasteiger partial charge in [0.15, 0.2) is 0 Å². The number of amides is 1. The zero-order chi connectivity index (χ0) is 14.7. The maximum absolute atomic E-state index is 12.2. The lowest BCUT2D eigenvalue weighted by molar-refractivity contribution is -0.124. The Bertz CT molecular complexity index is 586. The van der Waals surface area contributed by atoms with Gasteiger partial charge in [0.25, 0.3) is 0 Å². The van der Waals surface area contributed by atoms with Crippen molar-refractivity contribution in [2.75, 3.05) is 0 Å². The zero-order valence-corrected chi connectivity index (χ0v) is 12.4. The van der Waals surface area contributed by atoms with E-state index in [1.165, 1.54) is 0 Å². The Labute approximate surface area is 118 Å². The van der Waals surface area contributed by atoms with Gasteiger partial charge in [-0.2, -0.15) is 10.2 Å². The van der Waals surface area contributed by atoms with Gasteiger partial charge in [0, 0.05) is 18.9 Å². The van der Waals surface area contributed by atoms with Gasteiger partial charge >= 0.3 is 0 Å². The molecule has 108 valence electrons. The molecule has 2 atom stereocenters. The largest absolute Gasteiger partial charge is 0.346 e. The molecular formula is C14H21N5O. The summed E-state index contributed by atoms with van der Waals surface area (Å²) in [5.74, 6) is -0.0633. The Kier molecular flexibility index (Phi) is 4.22. The summed E-state index contributed by atoms with van der Waals surface area (Å²) in [5, 5.41) is 11.5. The van der Waals surface area contributed by atoms with Crippen molar-refractivity contribution >= 4 is 5.91 Å². The molecule has 2 aromatic rings. The highest BCUT2D eigenvalue weighted by Crippen LogP contribution is 2.12. The fraction of sp³-hybridized carbons (Fsp3) is 0.500. The molecular weight excluding hydrogens is 254 g/mol. The Morgan fingerprint density at radius 2 is 2.20 bits per heavy atom. The Balaban J connectivity index is 2.00. The molecule has 0 aliphatic heterocycles. The summed E-state index contributed by atoms with van der Waals surface area (Å²) in [6.45, 7) is 8.57. The molecule has 0 spiro atoms. The lowest BCUT2D eigenvalue weighted by atomic mass is 10.2. The molecule has 1 amide bonds. The average Bonchev–Trinajstić information content (AvgIpc) is 3.06. The monoisotopic (exact) mass is 275 g/mol. The number of aryl methyl sites for hydroxylation is 2. The van der Waals surface area contributed by atoms with Gasteiger partial charge in [-0.15, -0.1) is 0 Å². The minimum Gasteiger partial charge on any atom is -0.346 e. The van der Waals surface area contributed by atoms with Crippen molar-refractivity contribution in [1.82, 2.24) is 24.9 Å². The summed E-state index contributed by atoms with van der Waals surface area (Å²) in [7, 11) is 0. The minimum atomic E-state index is -0.334. The molecule has 0 aliphatic rings. The highest BCUT2D eigenvalue weighted by atomic mass is 16.2. The Morgan fingerprint density at radius 1 is 1.45 bits per heavy atom. The maximum atomic E-state index is 12.2. The van der Waals surface area contributed by atoms with Crippen molar-refractivity contribution in [1.29, 1.82) is 0 Å². The number of hydrogen-bond acceptors (Lipinski definition) is 3. The predicted octanol–water partition coefficient (Wildman–Crippen LogP) is 1.85. The molecule has 0 fully saturated rings. The quantitative estimate of drug-likeness (QED) is 0.905.